The lowest BCUT2D eigenvalue weighted by molar-refractivity contribution is 0.598. The molecule has 0 amide bonds. The van der Waals surface area contributed by atoms with Gasteiger partial charge in [0.25, 0.3) is 0 Å². The first-order valence-electron chi connectivity index (χ1n) is 7.19. The summed E-state index contributed by atoms with van der Waals surface area (Å²) in [7, 11) is -3.29. The second-order valence-corrected chi connectivity index (χ2v) is 6.72. The first kappa shape index (κ1) is 16.2. The first-order chi connectivity index (χ1) is 10.6. The standard InChI is InChI=1S/C15H20N4O2S/c1-2-3-10-22(20,21)19-14-7-8-15(18-12-14)17-11-13-6-4-5-9-16-13/h4-9,12,19H,2-3,10-11H2,1H3,(H,17,18). The Kier molecular flexibility index (Phi) is 5.71. The molecular weight excluding hydrogens is 300 g/mol. The summed E-state index contributed by atoms with van der Waals surface area (Å²) in [5, 5.41) is 3.13. The molecule has 0 spiro atoms. The predicted molar refractivity (Wildman–Crippen MR) is 88.1 cm³/mol. The van der Waals surface area contributed by atoms with Crippen molar-refractivity contribution in [3.05, 3.63) is 48.4 Å². The lowest BCUT2D eigenvalue weighted by Gasteiger charge is -2.09. The van der Waals surface area contributed by atoms with E-state index in [1.807, 2.05) is 25.1 Å². The Balaban J connectivity index is 1.90. The molecule has 118 valence electrons. The third kappa shape index (κ3) is 5.33. The van der Waals surface area contributed by atoms with Gasteiger partial charge in [-0.15, -0.1) is 0 Å². The average Bonchev–Trinajstić information content (AvgIpc) is 2.53. The SMILES string of the molecule is CCCCS(=O)(=O)Nc1ccc(NCc2ccccn2)nc1. The maximum atomic E-state index is 11.8. The number of anilines is 2. The van der Waals surface area contributed by atoms with Gasteiger partial charge in [-0.3, -0.25) is 9.71 Å². The van der Waals surface area contributed by atoms with Crippen molar-refractivity contribution in [2.45, 2.75) is 26.3 Å². The number of pyridine rings is 2. The molecule has 0 saturated carbocycles. The van der Waals surface area contributed by atoms with Crippen LogP contribution in [0.25, 0.3) is 0 Å². The second kappa shape index (κ2) is 7.74. The molecule has 0 aromatic carbocycles. The highest BCUT2D eigenvalue weighted by molar-refractivity contribution is 7.92. The Morgan fingerprint density at radius 2 is 2.00 bits per heavy atom. The van der Waals surface area contributed by atoms with Crippen LogP contribution in [0, 0.1) is 0 Å². The van der Waals surface area contributed by atoms with Crippen molar-refractivity contribution in [3.63, 3.8) is 0 Å². The van der Waals surface area contributed by atoms with E-state index in [1.54, 1.807) is 18.3 Å². The molecule has 0 radical (unpaired) electrons. The fourth-order valence-corrected chi connectivity index (χ4v) is 3.06. The summed E-state index contributed by atoms with van der Waals surface area (Å²) >= 11 is 0. The molecule has 0 unspecified atom stereocenters. The van der Waals surface area contributed by atoms with Gasteiger partial charge in [-0.05, 0) is 30.7 Å². The minimum Gasteiger partial charge on any atom is -0.364 e. The van der Waals surface area contributed by atoms with E-state index in [2.05, 4.69) is 20.0 Å². The minimum absolute atomic E-state index is 0.128. The molecule has 0 atom stereocenters. The van der Waals surface area contributed by atoms with Crippen molar-refractivity contribution < 1.29 is 8.42 Å². The molecule has 0 aliphatic carbocycles. The number of unbranched alkanes of at least 4 members (excludes halogenated alkanes) is 1. The summed E-state index contributed by atoms with van der Waals surface area (Å²) in [4.78, 5) is 8.40. The molecule has 2 heterocycles. The molecule has 2 rings (SSSR count). The van der Waals surface area contributed by atoms with Crippen LogP contribution in [0.1, 0.15) is 25.5 Å². The molecule has 0 aliphatic heterocycles. The van der Waals surface area contributed by atoms with Crippen LogP contribution in [0.3, 0.4) is 0 Å². The van der Waals surface area contributed by atoms with Crippen LogP contribution in [0.2, 0.25) is 0 Å². The van der Waals surface area contributed by atoms with Gasteiger partial charge >= 0.3 is 0 Å². The van der Waals surface area contributed by atoms with E-state index >= 15 is 0 Å². The summed E-state index contributed by atoms with van der Waals surface area (Å²) in [5.74, 6) is 0.797. The predicted octanol–water partition coefficient (Wildman–Crippen LogP) is 2.63. The van der Waals surface area contributed by atoms with Crippen molar-refractivity contribution in [2.75, 3.05) is 15.8 Å². The molecule has 2 N–H and O–H groups in total. The largest absolute Gasteiger partial charge is 0.364 e. The van der Waals surface area contributed by atoms with Gasteiger partial charge in [0.1, 0.15) is 5.82 Å². The van der Waals surface area contributed by atoms with Crippen molar-refractivity contribution in [3.8, 4) is 0 Å². The molecule has 6 nitrogen and oxygen atoms in total. The van der Waals surface area contributed by atoms with Crippen molar-refractivity contribution in [1.29, 1.82) is 0 Å². The highest BCUT2D eigenvalue weighted by atomic mass is 32.2. The summed E-state index contributed by atoms with van der Waals surface area (Å²) in [6.45, 7) is 2.52. The van der Waals surface area contributed by atoms with Crippen LogP contribution in [0.15, 0.2) is 42.7 Å². The van der Waals surface area contributed by atoms with Gasteiger partial charge in [0.05, 0.1) is 29.9 Å². The fourth-order valence-electron chi connectivity index (χ4n) is 1.81. The number of hydrogen-bond acceptors (Lipinski definition) is 5. The van der Waals surface area contributed by atoms with Crippen molar-refractivity contribution in [1.82, 2.24) is 9.97 Å². The van der Waals surface area contributed by atoms with Gasteiger partial charge in [-0.25, -0.2) is 13.4 Å². The second-order valence-electron chi connectivity index (χ2n) is 4.88. The molecule has 22 heavy (non-hydrogen) atoms. The zero-order valence-corrected chi connectivity index (χ0v) is 13.3. The van der Waals surface area contributed by atoms with E-state index < -0.39 is 10.0 Å². The molecule has 7 heteroatoms. The topological polar surface area (TPSA) is 84.0 Å². The van der Waals surface area contributed by atoms with Crippen LogP contribution in [-0.4, -0.2) is 24.1 Å². The van der Waals surface area contributed by atoms with E-state index in [-0.39, 0.29) is 5.75 Å². The van der Waals surface area contributed by atoms with E-state index in [0.717, 1.165) is 12.1 Å². The molecule has 0 aliphatic rings. The Hall–Kier alpha value is -2.15. The van der Waals surface area contributed by atoms with E-state index in [9.17, 15) is 8.42 Å². The van der Waals surface area contributed by atoms with E-state index in [4.69, 9.17) is 0 Å². The van der Waals surface area contributed by atoms with Gasteiger partial charge in [-0.2, -0.15) is 0 Å². The number of rotatable bonds is 8. The van der Waals surface area contributed by atoms with Crippen molar-refractivity contribution in [2.24, 2.45) is 0 Å². The summed E-state index contributed by atoms with van der Waals surface area (Å²) in [6, 6.07) is 9.13. The lowest BCUT2D eigenvalue weighted by atomic mass is 10.3. The molecule has 0 bridgehead atoms. The Morgan fingerprint density at radius 3 is 2.64 bits per heavy atom. The highest BCUT2D eigenvalue weighted by Crippen LogP contribution is 2.12. The van der Waals surface area contributed by atoms with Gasteiger partial charge < -0.3 is 5.32 Å². The zero-order valence-electron chi connectivity index (χ0n) is 12.5. The average molecular weight is 320 g/mol. The van der Waals surface area contributed by atoms with E-state index in [0.29, 0.717) is 24.5 Å². The molecule has 0 saturated heterocycles. The van der Waals surface area contributed by atoms with Gasteiger partial charge in [0, 0.05) is 6.20 Å². The molecule has 2 aromatic rings. The molecule has 2 aromatic heterocycles. The maximum absolute atomic E-state index is 11.8. The van der Waals surface area contributed by atoms with Crippen LogP contribution in [-0.2, 0) is 16.6 Å². The normalized spacial score (nSPS) is 11.1. The van der Waals surface area contributed by atoms with E-state index in [1.165, 1.54) is 6.20 Å². The summed E-state index contributed by atoms with van der Waals surface area (Å²) in [6.07, 6.45) is 4.73. The summed E-state index contributed by atoms with van der Waals surface area (Å²) in [5.41, 5.74) is 1.38. The third-order valence-electron chi connectivity index (χ3n) is 2.98. The minimum atomic E-state index is -3.29. The van der Waals surface area contributed by atoms with Crippen LogP contribution in [0.4, 0.5) is 11.5 Å². The smallest absolute Gasteiger partial charge is 0.232 e. The number of nitrogens with one attached hydrogen (secondary N) is 2. The Bertz CT molecular complexity index is 672. The van der Waals surface area contributed by atoms with Gasteiger partial charge in [-0.1, -0.05) is 19.4 Å². The van der Waals surface area contributed by atoms with Gasteiger partial charge in [0.2, 0.25) is 10.0 Å². The van der Waals surface area contributed by atoms with Crippen LogP contribution in [0.5, 0.6) is 0 Å². The molecular formula is C15H20N4O2S. The number of aromatic nitrogens is 2. The molecule has 0 fully saturated rings. The van der Waals surface area contributed by atoms with Crippen LogP contribution >= 0.6 is 0 Å². The number of nitrogens with zero attached hydrogens (tertiary/aromatic N) is 2. The number of sulfonamides is 1. The maximum Gasteiger partial charge on any atom is 0.232 e. The zero-order chi connectivity index (χ0) is 15.8. The lowest BCUT2D eigenvalue weighted by Crippen LogP contribution is -2.16. The van der Waals surface area contributed by atoms with Crippen molar-refractivity contribution >= 4 is 21.5 Å². The highest BCUT2D eigenvalue weighted by Gasteiger charge is 2.09. The summed E-state index contributed by atoms with van der Waals surface area (Å²) < 4.78 is 26.1. The monoisotopic (exact) mass is 320 g/mol. The third-order valence-corrected chi connectivity index (χ3v) is 4.35. The first-order valence-corrected chi connectivity index (χ1v) is 8.84. The quantitative estimate of drug-likeness (QED) is 0.781. The van der Waals surface area contributed by atoms with Crippen LogP contribution < -0.4 is 10.0 Å². The fraction of sp³-hybridized carbons (Fsp3) is 0.333. The van der Waals surface area contributed by atoms with Gasteiger partial charge in [0.15, 0.2) is 0 Å². The Labute approximate surface area is 131 Å². The number of hydrogen-bond donors (Lipinski definition) is 2. The Morgan fingerprint density at radius 1 is 1.14 bits per heavy atom.